The zero-order valence-corrected chi connectivity index (χ0v) is 27.9. The molecule has 2 aromatic carbocycles. The van der Waals surface area contributed by atoms with Crippen molar-refractivity contribution in [1.82, 2.24) is 26.6 Å². The first-order valence-corrected chi connectivity index (χ1v) is 16.1. The number of aliphatic hydroxyl groups excluding tert-OH is 1. The maximum Gasteiger partial charge on any atom is 0.245 e. The van der Waals surface area contributed by atoms with Gasteiger partial charge in [0, 0.05) is 19.4 Å². The number of nitrogens with two attached hydrogens (primary N) is 2. The van der Waals surface area contributed by atoms with Crippen LogP contribution in [0.4, 0.5) is 0 Å². The number of aliphatic imine (C=N–C) groups is 1. The number of amides is 5. The van der Waals surface area contributed by atoms with Gasteiger partial charge in [-0.25, -0.2) is 0 Å². The first kappa shape index (κ1) is 39.4. The molecule has 1 heterocycles. The van der Waals surface area contributed by atoms with E-state index < -0.39 is 66.4 Å². The van der Waals surface area contributed by atoms with E-state index in [1.54, 1.807) is 24.3 Å². The quantitative estimate of drug-likeness (QED) is 0.0866. The molecule has 0 aliphatic carbocycles. The molecule has 0 spiro atoms. The van der Waals surface area contributed by atoms with Gasteiger partial charge in [-0.1, -0.05) is 74.5 Å². The predicted octanol–water partition coefficient (Wildman–Crippen LogP) is -0.710. The maximum absolute atomic E-state index is 13.8. The van der Waals surface area contributed by atoms with Crippen molar-refractivity contribution >= 4 is 35.9 Å². The highest BCUT2D eigenvalue weighted by Gasteiger charge is 2.34. The van der Waals surface area contributed by atoms with Gasteiger partial charge >= 0.3 is 0 Å². The Kier molecular flexibility index (Phi) is 17.3. The van der Waals surface area contributed by atoms with Gasteiger partial charge in [0.15, 0.2) is 0 Å². The van der Waals surface area contributed by atoms with E-state index in [-0.39, 0.29) is 31.6 Å². The number of nitrogens with one attached hydrogen (secondary N) is 5. The van der Waals surface area contributed by atoms with Crippen molar-refractivity contribution in [1.29, 1.82) is 0 Å². The van der Waals surface area contributed by atoms with E-state index >= 15 is 0 Å². The number of rotatable bonds is 11. The number of aliphatic hydroxyl groups is 1. The fraction of sp³-hybridized carbons (Fsp3) is 0.471. The molecule has 0 bridgehead atoms. The third-order valence-corrected chi connectivity index (χ3v) is 7.51. The molecule has 1 aliphatic rings. The minimum atomic E-state index is -1.40. The summed E-state index contributed by atoms with van der Waals surface area (Å²) in [5.74, 6) is -3.38. The van der Waals surface area contributed by atoms with Crippen LogP contribution in [0.15, 0.2) is 65.7 Å². The van der Waals surface area contributed by atoms with Gasteiger partial charge in [0.25, 0.3) is 0 Å². The normalized spacial score (nSPS) is 22.6. The van der Waals surface area contributed by atoms with Gasteiger partial charge < -0.3 is 43.2 Å². The smallest absolute Gasteiger partial charge is 0.245 e. The lowest BCUT2D eigenvalue weighted by molar-refractivity contribution is -0.134. The molecule has 5 amide bonds. The van der Waals surface area contributed by atoms with Crippen molar-refractivity contribution < 1.29 is 29.1 Å². The monoisotopic (exact) mass is 666 g/mol. The lowest BCUT2D eigenvalue weighted by Crippen LogP contribution is -2.59. The molecule has 10 N–H and O–H groups in total. The SMILES string of the molecule is CC(C)CC1NC(=O)C(Cc2ccccc2)NC(=O)C(CCCN=CN)NC(=O)C(Cc2ccccc2)NC(=O)C(CO)NC1=O.CN. The van der Waals surface area contributed by atoms with E-state index in [1.165, 1.54) is 7.05 Å². The Bertz CT molecular complexity index is 1340. The van der Waals surface area contributed by atoms with E-state index in [9.17, 15) is 29.1 Å². The molecule has 1 aliphatic heterocycles. The van der Waals surface area contributed by atoms with Crippen LogP contribution in [0.3, 0.4) is 0 Å². The summed E-state index contributed by atoms with van der Waals surface area (Å²) in [6.07, 6.45) is 2.12. The Balaban J connectivity index is 0.00000392. The maximum atomic E-state index is 13.8. The fourth-order valence-corrected chi connectivity index (χ4v) is 5.11. The van der Waals surface area contributed by atoms with Crippen LogP contribution >= 0.6 is 0 Å². The average Bonchev–Trinajstić information content (AvgIpc) is 3.08. The largest absolute Gasteiger partial charge is 0.394 e. The number of carbonyl (C=O) groups is 5. The highest BCUT2D eigenvalue weighted by molar-refractivity contribution is 5.98. The van der Waals surface area contributed by atoms with Crippen LogP contribution in [-0.2, 0) is 36.8 Å². The molecule has 1 fully saturated rings. The second kappa shape index (κ2) is 21.1. The zero-order valence-electron chi connectivity index (χ0n) is 27.9. The Hall–Kier alpha value is -4.82. The highest BCUT2D eigenvalue weighted by atomic mass is 16.3. The molecule has 3 rings (SSSR count). The van der Waals surface area contributed by atoms with Crippen LogP contribution in [0.5, 0.6) is 0 Å². The molecule has 1 saturated heterocycles. The second-order valence-corrected chi connectivity index (χ2v) is 11.7. The lowest BCUT2D eigenvalue weighted by Gasteiger charge is -2.26. The van der Waals surface area contributed by atoms with Crippen LogP contribution < -0.4 is 38.1 Å². The molecular formula is C34H50N8O6. The molecule has 0 radical (unpaired) electrons. The molecule has 5 unspecified atom stereocenters. The van der Waals surface area contributed by atoms with Crippen molar-refractivity contribution in [3.05, 3.63) is 71.8 Å². The summed E-state index contributed by atoms with van der Waals surface area (Å²) in [6, 6.07) is 12.2. The summed E-state index contributed by atoms with van der Waals surface area (Å²) >= 11 is 0. The summed E-state index contributed by atoms with van der Waals surface area (Å²) in [7, 11) is 1.50. The molecule has 14 heteroatoms. The Labute approximate surface area is 281 Å². The summed E-state index contributed by atoms with van der Waals surface area (Å²) in [5, 5.41) is 23.5. The zero-order chi connectivity index (χ0) is 35.5. The topological polar surface area (TPSA) is 230 Å². The van der Waals surface area contributed by atoms with Crippen LogP contribution in [0.25, 0.3) is 0 Å². The van der Waals surface area contributed by atoms with Gasteiger partial charge in [0.2, 0.25) is 29.5 Å². The van der Waals surface area contributed by atoms with Crippen LogP contribution in [-0.4, -0.2) is 91.4 Å². The van der Waals surface area contributed by atoms with E-state index in [1.807, 2.05) is 50.2 Å². The van der Waals surface area contributed by atoms with E-state index in [0.29, 0.717) is 13.0 Å². The van der Waals surface area contributed by atoms with Gasteiger partial charge in [-0.2, -0.15) is 0 Å². The standard InChI is InChI=1S/C33H45N7O6.CH5N/c1-21(2)16-25-30(43)40-28(19-41)33(46)39-26(17-22-10-5-3-6-11-22)31(44)36-24(14-9-15-35-20-34)29(42)38-27(32(45)37-25)18-23-12-7-4-8-13-23;1-2/h3-8,10-13,20-21,24-28,41H,9,14-19H2,1-2H3,(H2,34,35)(H,36,44)(H,37,45)(H,38,42)(H,39,46)(H,40,43);2H2,1H3. The summed E-state index contributed by atoms with van der Waals surface area (Å²) < 4.78 is 0. The molecule has 48 heavy (non-hydrogen) atoms. The summed E-state index contributed by atoms with van der Waals surface area (Å²) in [6.45, 7) is 3.30. The summed E-state index contributed by atoms with van der Waals surface area (Å²) in [4.78, 5) is 72.0. The summed E-state index contributed by atoms with van der Waals surface area (Å²) in [5.41, 5.74) is 11.4. The molecule has 14 nitrogen and oxygen atoms in total. The van der Waals surface area contributed by atoms with Gasteiger partial charge in [-0.15, -0.1) is 0 Å². The van der Waals surface area contributed by atoms with Gasteiger partial charge in [0.1, 0.15) is 30.2 Å². The number of nitrogens with zero attached hydrogens (tertiary/aromatic N) is 1. The second-order valence-electron chi connectivity index (χ2n) is 11.7. The molecule has 262 valence electrons. The number of hydrogen-bond acceptors (Lipinski definition) is 8. The van der Waals surface area contributed by atoms with Crippen molar-refractivity contribution in [2.75, 3.05) is 20.2 Å². The van der Waals surface area contributed by atoms with Crippen molar-refractivity contribution in [3.63, 3.8) is 0 Å². The van der Waals surface area contributed by atoms with E-state index in [4.69, 9.17) is 5.73 Å². The number of hydrogen-bond donors (Lipinski definition) is 8. The van der Waals surface area contributed by atoms with E-state index in [0.717, 1.165) is 17.5 Å². The third kappa shape index (κ3) is 13.1. The predicted molar refractivity (Wildman–Crippen MR) is 183 cm³/mol. The van der Waals surface area contributed by atoms with Crippen LogP contribution in [0, 0.1) is 5.92 Å². The minimum absolute atomic E-state index is 0.0284. The molecule has 2 aromatic rings. The van der Waals surface area contributed by atoms with Gasteiger partial charge in [0.05, 0.1) is 12.9 Å². The first-order chi connectivity index (χ1) is 23.1. The molecule has 0 saturated carbocycles. The van der Waals surface area contributed by atoms with Crippen molar-refractivity contribution in [2.45, 2.75) is 76.2 Å². The van der Waals surface area contributed by atoms with Crippen molar-refractivity contribution in [3.8, 4) is 0 Å². The lowest BCUT2D eigenvalue weighted by atomic mass is 10.0. The molecule has 5 atom stereocenters. The van der Waals surface area contributed by atoms with Crippen LogP contribution in [0.1, 0.15) is 44.2 Å². The first-order valence-electron chi connectivity index (χ1n) is 16.1. The fourth-order valence-electron chi connectivity index (χ4n) is 5.11. The molecular weight excluding hydrogens is 616 g/mol. The average molecular weight is 667 g/mol. The van der Waals surface area contributed by atoms with Crippen LogP contribution in [0.2, 0.25) is 0 Å². The third-order valence-electron chi connectivity index (χ3n) is 7.51. The van der Waals surface area contributed by atoms with Crippen molar-refractivity contribution in [2.24, 2.45) is 22.4 Å². The Morgan fingerprint density at radius 1 is 0.667 bits per heavy atom. The Morgan fingerprint density at radius 3 is 1.52 bits per heavy atom. The highest BCUT2D eigenvalue weighted by Crippen LogP contribution is 2.11. The van der Waals surface area contributed by atoms with Gasteiger partial charge in [-0.05, 0) is 43.4 Å². The minimum Gasteiger partial charge on any atom is -0.394 e. The Morgan fingerprint density at radius 2 is 1.06 bits per heavy atom. The molecule has 0 aromatic heterocycles. The van der Waals surface area contributed by atoms with E-state index in [2.05, 4.69) is 37.3 Å². The van der Waals surface area contributed by atoms with Gasteiger partial charge in [-0.3, -0.25) is 29.0 Å². The number of benzene rings is 2. The number of carbonyl (C=O) groups excluding carboxylic acids is 5.